The maximum atomic E-state index is 12.4. The zero-order chi connectivity index (χ0) is 26.8. The van der Waals surface area contributed by atoms with E-state index in [1.807, 2.05) is 4.90 Å². The summed E-state index contributed by atoms with van der Waals surface area (Å²) >= 11 is 5.75. The summed E-state index contributed by atoms with van der Waals surface area (Å²) in [5, 5.41) is 0. The number of amides is 1. The number of hydrogen-bond donors (Lipinski definition) is 0. The molecule has 1 aliphatic rings. The van der Waals surface area contributed by atoms with E-state index in [4.69, 9.17) is 16.3 Å². The highest BCUT2D eigenvalue weighted by atomic mass is 35.5. The zero-order valence-corrected chi connectivity index (χ0v) is 25.1. The number of halogens is 1. The number of nitrogens with zero attached hydrogens (tertiary/aromatic N) is 2. The molecule has 0 aliphatic carbocycles. The van der Waals surface area contributed by atoms with Crippen molar-refractivity contribution in [3.63, 3.8) is 0 Å². The van der Waals surface area contributed by atoms with E-state index in [9.17, 15) is 9.59 Å². The molecule has 0 aromatic carbocycles. The van der Waals surface area contributed by atoms with Crippen LogP contribution in [0.2, 0.25) is 0 Å². The third-order valence-corrected chi connectivity index (χ3v) is 7.90. The van der Waals surface area contributed by atoms with Crippen molar-refractivity contribution in [2.24, 2.45) is 0 Å². The molecule has 1 amide bonds. The minimum absolute atomic E-state index is 0.0714. The van der Waals surface area contributed by atoms with E-state index < -0.39 is 0 Å². The van der Waals surface area contributed by atoms with Crippen LogP contribution in [-0.2, 0) is 14.3 Å². The van der Waals surface area contributed by atoms with Crippen LogP contribution in [0.5, 0.6) is 0 Å². The normalized spacial score (nSPS) is 14.3. The van der Waals surface area contributed by atoms with Crippen LogP contribution >= 0.6 is 11.6 Å². The summed E-state index contributed by atoms with van der Waals surface area (Å²) in [5.41, 5.74) is 0. The van der Waals surface area contributed by atoms with Gasteiger partial charge in [-0.05, 0) is 19.4 Å². The van der Waals surface area contributed by atoms with Crippen LogP contribution in [-0.4, -0.2) is 66.9 Å². The SMILES string of the molecule is CCCCCCCCCCCCCCCCCCCCOC(=O)CCC(=O)N1CCN(CCCCl)CC1. The van der Waals surface area contributed by atoms with Crippen molar-refractivity contribution < 1.29 is 14.3 Å². The molecule has 1 rings (SSSR count). The fraction of sp³-hybridized carbons (Fsp3) is 0.935. The van der Waals surface area contributed by atoms with Crippen molar-refractivity contribution in [3.8, 4) is 0 Å². The summed E-state index contributed by atoms with van der Waals surface area (Å²) in [5.74, 6) is 0.518. The van der Waals surface area contributed by atoms with Gasteiger partial charge in [-0.1, -0.05) is 116 Å². The molecule has 1 aliphatic heterocycles. The summed E-state index contributed by atoms with van der Waals surface area (Å²) in [6, 6.07) is 0. The Hall–Kier alpha value is -0.810. The van der Waals surface area contributed by atoms with Gasteiger partial charge in [0.1, 0.15) is 0 Å². The van der Waals surface area contributed by atoms with Crippen molar-refractivity contribution in [1.82, 2.24) is 9.80 Å². The molecule has 6 heteroatoms. The van der Waals surface area contributed by atoms with Crippen molar-refractivity contribution in [1.29, 1.82) is 0 Å². The lowest BCUT2D eigenvalue weighted by molar-refractivity contribution is -0.146. The standard InChI is InChI=1S/C31H59ClN2O3/c1-2-3-4-5-6-7-8-9-10-11-12-13-14-15-16-17-18-19-29-37-31(36)22-21-30(35)34-27-25-33(26-28-34)24-20-23-32/h2-29H2,1H3. The molecule has 1 fully saturated rings. The van der Waals surface area contributed by atoms with Gasteiger partial charge < -0.3 is 9.64 Å². The van der Waals surface area contributed by atoms with Crippen LogP contribution < -0.4 is 0 Å². The number of hydrogen-bond acceptors (Lipinski definition) is 4. The van der Waals surface area contributed by atoms with Gasteiger partial charge in [-0.15, -0.1) is 11.6 Å². The van der Waals surface area contributed by atoms with Crippen molar-refractivity contribution in [2.45, 2.75) is 142 Å². The quantitative estimate of drug-likeness (QED) is 0.0663. The Morgan fingerprint density at radius 2 is 1.08 bits per heavy atom. The van der Waals surface area contributed by atoms with Gasteiger partial charge in [0.05, 0.1) is 13.0 Å². The molecule has 0 N–H and O–H groups in total. The van der Waals surface area contributed by atoms with E-state index in [0.29, 0.717) is 12.5 Å². The van der Waals surface area contributed by atoms with Crippen LogP contribution in [0.15, 0.2) is 0 Å². The molecular weight excluding hydrogens is 484 g/mol. The molecule has 0 bridgehead atoms. The molecule has 5 nitrogen and oxygen atoms in total. The van der Waals surface area contributed by atoms with Gasteiger partial charge in [0, 0.05) is 38.5 Å². The van der Waals surface area contributed by atoms with Crippen LogP contribution in [0.4, 0.5) is 0 Å². The van der Waals surface area contributed by atoms with Gasteiger partial charge in [-0.3, -0.25) is 14.5 Å². The molecule has 1 heterocycles. The first-order chi connectivity index (χ1) is 18.2. The Bertz CT molecular complexity index is 539. The summed E-state index contributed by atoms with van der Waals surface area (Å²) in [6.07, 6.45) is 25.7. The number of carbonyl (C=O) groups excluding carboxylic acids is 2. The molecule has 0 aromatic rings. The smallest absolute Gasteiger partial charge is 0.306 e. The third kappa shape index (κ3) is 20.8. The average molecular weight is 543 g/mol. The molecule has 218 valence electrons. The van der Waals surface area contributed by atoms with Gasteiger partial charge in [0.15, 0.2) is 0 Å². The van der Waals surface area contributed by atoms with E-state index in [2.05, 4.69) is 11.8 Å². The third-order valence-electron chi connectivity index (χ3n) is 7.64. The van der Waals surface area contributed by atoms with E-state index in [1.54, 1.807) is 0 Å². The molecule has 37 heavy (non-hydrogen) atoms. The van der Waals surface area contributed by atoms with Crippen molar-refractivity contribution in [2.75, 3.05) is 45.2 Å². The fourth-order valence-corrected chi connectivity index (χ4v) is 5.25. The molecule has 0 atom stereocenters. The van der Waals surface area contributed by atoms with Crippen LogP contribution in [0, 0.1) is 0 Å². The molecule has 0 aromatic heterocycles. The maximum Gasteiger partial charge on any atom is 0.306 e. The van der Waals surface area contributed by atoms with Gasteiger partial charge >= 0.3 is 5.97 Å². The minimum Gasteiger partial charge on any atom is -0.466 e. The van der Waals surface area contributed by atoms with Crippen LogP contribution in [0.1, 0.15) is 142 Å². The highest BCUT2D eigenvalue weighted by molar-refractivity contribution is 6.17. The number of unbranched alkanes of at least 4 members (excludes halogenated alkanes) is 17. The number of rotatable bonds is 25. The summed E-state index contributed by atoms with van der Waals surface area (Å²) in [6.45, 7) is 7.05. The highest BCUT2D eigenvalue weighted by Crippen LogP contribution is 2.14. The maximum absolute atomic E-state index is 12.4. The number of piperazine rings is 1. The van der Waals surface area contributed by atoms with E-state index >= 15 is 0 Å². The number of ether oxygens (including phenoxy) is 1. The molecule has 1 saturated heterocycles. The van der Waals surface area contributed by atoms with Crippen LogP contribution in [0.3, 0.4) is 0 Å². The summed E-state index contributed by atoms with van der Waals surface area (Å²) in [4.78, 5) is 28.5. The second-order valence-electron chi connectivity index (χ2n) is 11.0. The van der Waals surface area contributed by atoms with Crippen molar-refractivity contribution in [3.05, 3.63) is 0 Å². The van der Waals surface area contributed by atoms with Gasteiger partial charge in [0.2, 0.25) is 5.91 Å². The monoisotopic (exact) mass is 542 g/mol. The van der Waals surface area contributed by atoms with Gasteiger partial charge in [-0.25, -0.2) is 0 Å². The fourth-order valence-electron chi connectivity index (χ4n) is 5.13. The number of alkyl halides is 1. The van der Waals surface area contributed by atoms with Gasteiger partial charge in [0.25, 0.3) is 0 Å². The Morgan fingerprint density at radius 3 is 1.54 bits per heavy atom. The van der Waals surface area contributed by atoms with E-state index in [1.165, 1.54) is 103 Å². The lowest BCUT2D eigenvalue weighted by Gasteiger charge is -2.34. The zero-order valence-electron chi connectivity index (χ0n) is 24.3. The first-order valence-corrected chi connectivity index (χ1v) is 16.4. The Balaban J connectivity index is 1.80. The molecule has 0 spiro atoms. The van der Waals surface area contributed by atoms with Crippen LogP contribution in [0.25, 0.3) is 0 Å². The first-order valence-electron chi connectivity index (χ1n) is 15.9. The number of esters is 1. The Kier molecular flexibility index (Phi) is 23.6. The average Bonchev–Trinajstić information content (AvgIpc) is 2.92. The molecule has 0 unspecified atom stereocenters. The minimum atomic E-state index is -0.235. The second kappa shape index (κ2) is 25.5. The van der Waals surface area contributed by atoms with Gasteiger partial charge in [-0.2, -0.15) is 0 Å². The molecule has 0 radical (unpaired) electrons. The lowest BCUT2D eigenvalue weighted by atomic mass is 10.0. The Labute approximate surface area is 234 Å². The molecular formula is C31H59ClN2O3. The highest BCUT2D eigenvalue weighted by Gasteiger charge is 2.21. The second-order valence-corrected chi connectivity index (χ2v) is 11.4. The first kappa shape index (κ1) is 34.2. The van der Waals surface area contributed by atoms with E-state index in [-0.39, 0.29) is 24.7 Å². The van der Waals surface area contributed by atoms with Crippen molar-refractivity contribution >= 4 is 23.5 Å². The topological polar surface area (TPSA) is 49.9 Å². The predicted molar refractivity (Wildman–Crippen MR) is 157 cm³/mol. The molecule has 0 saturated carbocycles. The lowest BCUT2D eigenvalue weighted by Crippen LogP contribution is -2.48. The Morgan fingerprint density at radius 1 is 0.622 bits per heavy atom. The van der Waals surface area contributed by atoms with E-state index in [0.717, 1.165) is 52.0 Å². The number of carbonyl (C=O) groups is 2. The largest absolute Gasteiger partial charge is 0.466 e. The summed E-state index contributed by atoms with van der Waals surface area (Å²) < 4.78 is 5.34. The predicted octanol–water partition coefficient (Wildman–Crippen LogP) is 8.12. The summed E-state index contributed by atoms with van der Waals surface area (Å²) in [7, 11) is 0.